The van der Waals surface area contributed by atoms with E-state index in [1.54, 1.807) is 0 Å². The van der Waals surface area contributed by atoms with Gasteiger partial charge < -0.3 is 14.2 Å². The summed E-state index contributed by atoms with van der Waals surface area (Å²) in [6.07, 6.45) is 2.13. The fraction of sp³-hybridized carbons (Fsp3) is 1.00. The molecule has 0 radical (unpaired) electrons. The summed E-state index contributed by atoms with van der Waals surface area (Å²) in [6, 6.07) is 0. The van der Waals surface area contributed by atoms with Gasteiger partial charge in [0.2, 0.25) is 0 Å². The van der Waals surface area contributed by atoms with Crippen LogP contribution in [-0.2, 0) is 14.2 Å². The van der Waals surface area contributed by atoms with Crippen molar-refractivity contribution in [2.75, 3.05) is 13.2 Å². The Balaban J connectivity index is 2.02. The van der Waals surface area contributed by atoms with E-state index in [1.165, 1.54) is 0 Å². The summed E-state index contributed by atoms with van der Waals surface area (Å²) in [7, 11) is 0. The number of hydrogen-bond donors (Lipinski definition) is 0. The molecule has 2 rings (SSSR count). The molecule has 0 aromatic rings. The Bertz CT molecular complexity index is 207. The van der Waals surface area contributed by atoms with E-state index in [-0.39, 0.29) is 18.3 Å². The van der Waals surface area contributed by atoms with Crippen LogP contribution < -0.4 is 0 Å². The molecule has 2 heterocycles. The van der Waals surface area contributed by atoms with Crippen LogP contribution >= 0.6 is 0 Å². The van der Waals surface area contributed by atoms with Gasteiger partial charge in [0.1, 0.15) is 0 Å². The maximum Gasteiger partial charge on any atom is 0.0871 e. The molecule has 0 aromatic carbocycles. The zero-order valence-corrected chi connectivity index (χ0v) is 10.8. The Labute approximate surface area is 98.4 Å². The highest BCUT2D eigenvalue weighted by Gasteiger charge is 2.39. The predicted octanol–water partition coefficient (Wildman–Crippen LogP) is 2.24. The highest BCUT2D eigenvalue weighted by Crippen LogP contribution is 2.34. The third-order valence-corrected chi connectivity index (χ3v) is 3.85. The molecule has 6 atom stereocenters. The van der Waals surface area contributed by atoms with Crippen LogP contribution in [0.3, 0.4) is 0 Å². The Morgan fingerprint density at radius 1 is 0.875 bits per heavy atom. The zero-order valence-electron chi connectivity index (χ0n) is 10.8. The first kappa shape index (κ1) is 12.3. The van der Waals surface area contributed by atoms with Crippen molar-refractivity contribution in [2.45, 2.75) is 58.5 Å². The fourth-order valence-electron chi connectivity index (χ4n) is 2.83. The number of hydrogen-bond acceptors (Lipinski definition) is 3. The van der Waals surface area contributed by atoms with E-state index in [1.807, 2.05) is 0 Å². The fourth-order valence-corrected chi connectivity index (χ4v) is 2.83. The Morgan fingerprint density at radius 2 is 1.62 bits per heavy atom. The van der Waals surface area contributed by atoms with E-state index < -0.39 is 0 Å². The molecule has 3 heteroatoms. The van der Waals surface area contributed by atoms with Crippen LogP contribution in [0.4, 0.5) is 0 Å². The van der Waals surface area contributed by atoms with Crippen LogP contribution in [0.1, 0.15) is 34.1 Å². The van der Waals surface area contributed by atoms with E-state index in [0.717, 1.165) is 19.6 Å². The second-order valence-electron chi connectivity index (χ2n) is 5.47. The van der Waals surface area contributed by atoms with Crippen molar-refractivity contribution < 1.29 is 14.2 Å². The summed E-state index contributed by atoms with van der Waals surface area (Å²) in [5.41, 5.74) is 0. The average molecular weight is 228 g/mol. The monoisotopic (exact) mass is 228 g/mol. The van der Waals surface area contributed by atoms with E-state index in [9.17, 15) is 0 Å². The lowest BCUT2D eigenvalue weighted by molar-refractivity contribution is -0.206. The molecule has 0 aromatic heterocycles. The van der Waals surface area contributed by atoms with E-state index >= 15 is 0 Å². The van der Waals surface area contributed by atoms with Crippen molar-refractivity contribution in [3.63, 3.8) is 0 Å². The molecule has 2 saturated heterocycles. The van der Waals surface area contributed by atoms with Gasteiger partial charge in [-0.3, -0.25) is 0 Å². The molecule has 3 nitrogen and oxygen atoms in total. The van der Waals surface area contributed by atoms with Crippen molar-refractivity contribution in [3.8, 4) is 0 Å². The molecule has 6 unspecified atom stereocenters. The smallest absolute Gasteiger partial charge is 0.0871 e. The molecule has 0 spiro atoms. The topological polar surface area (TPSA) is 27.7 Å². The largest absolute Gasteiger partial charge is 0.378 e. The standard InChI is InChI=1S/C13H24O3/c1-8-6-14-9(2)5-12(8)13-11(4)15-7-10(3)16-13/h8-13H,5-7H2,1-4H3. The summed E-state index contributed by atoms with van der Waals surface area (Å²) in [5, 5.41) is 0. The van der Waals surface area contributed by atoms with E-state index in [2.05, 4.69) is 27.7 Å². The molecule has 2 aliphatic rings. The Hall–Kier alpha value is -0.120. The van der Waals surface area contributed by atoms with Gasteiger partial charge in [-0.25, -0.2) is 0 Å². The van der Waals surface area contributed by atoms with Gasteiger partial charge in [0, 0.05) is 6.61 Å². The van der Waals surface area contributed by atoms with Gasteiger partial charge in [-0.1, -0.05) is 6.92 Å². The van der Waals surface area contributed by atoms with Gasteiger partial charge in [0.25, 0.3) is 0 Å². The molecule has 0 amide bonds. The third kappa shape index (κ3) is 2.58. The van der Waals surface area contributed by atoms with Crippen molar-refractivity contribution in [1.29, 1.82) is 0 Å². The van der Waals surface area contributed by atoms with Crippen LogP contribution in [0.25, 0.3) is 0 Å². The van der Waals surface area contributed by atoms with Crippen LogP contribution in [0.5, 0.6) is 0 Å². The molecule has 94 valence electrons. The average Bonchev–Trinajstić information content (AvgIpc) is 2.25. The first-order chi connectivity index (χ1) is 7.58. The molecular weight excluding hydrogens is 204 g/mol. The number of rotatable bonds is 1. The van der Waals surface area contributed by atoms with Crippen molar-refractivity contribution in [2.24, 2.45) is 11.8 Å². The first-order valence-electron chi connectivity index (χ1n) is 6.46. The lowest BCUT2D eigenvalue weighted by atomic mass is 9.80. The summed E-state index contributed by atoms with van der Waals surface area (Å²) in [6.45, 7) is 10.2. The summed E-state index contributed by atoms with van der Waals surface area (Å²) in [4.78, 5) is 0. The molecule has 2 fully saturated rings. The quantitative estimate of drug-likeness (QED) is 0.689. The Morgan fingerprint density at radius 3 is 2.38 bits per heavy atom. The van der Waals surface area contributed by atoms with Gasteiger partial charge in [-0.2, -0.15) is 0 Å². The van der Waals surface area contributed by atoms with Gasteiger partial charge >= 0.3 is 0 Å². The second-order valence-corrected chi connectivity index (χ2v) is 5.47. The minimum atomic E-state index is 0.217. The highest BCUT2D eigenvalue weighted by atomic mass is 16.6. The normalized spacial score (nSPS) is 50.2. The van der Waals surface area contributed by atoms with E-state index in [0.29, 0.717) is 17.9 Å². The molecule has 0 saturated carbocycles. The zero-order chi connectivity index (χ0) is 11.7. The first-order valence-corrected chi connectivity index (χ1v) is 6.46. The van der Waals surface area contributed by atoms with E-state index in [4.69, 9.17) is 14.2 Å². The third-order valence-electron chi connectivity index (χ3n) is 3.85. The molecule has 2 aliphatic heterocycles. The van der Waals surface area contributed by atoms with Crippen molar-refractivity contribution in [3.05, 3.63) is 0 Å². The lowest BCUT2D eigenvalue weighted by Gasteiger charge is -2.43. The summed E-state index contributed by atoms with van der Waals surface area (Å²) in [5.74, 6) is 1.14. The SMILES string of the molecule is CC1CC(C2OC(C)COC2C)C(C)CO1. The van der Waals surface area contributed by atoms with Crippen LogP contribution in [0.2, 0.25) is 0 Å². The van der Waals surface area contributed by atoms with Crippen molar-refractivity contribution >= 4 is 0 Å². The van der Waals surface area contributed by atoms with Crippen molar-refractivity contribution in [1.82, 2.24) is 0 Å². The van der Waals surface area contributed by atoms with Crippen LogP contribution in [0, 0.1) is 11.8 Å². The maximum absolute atomic E-state index is 6.08. The van der Waals surface area contributed by atoms with Gasteiger partial charge in [-0.15, -0.1) is 0 Å². The van der Waals surface area contributed by atoms with Gasteiger partial charge in [-0.05, 0) is 39.0 Å². The molecule has 16 heavy (non-hydrogen) atoms. The molecular formula is C13H24O3. The van der Waals surface area contributed by atoms with Gasteiger partial charge in [0.05, 0.1) is 31.0 Å². The van der Waals surface area contributed by atoms with Crippen LogP contribution in [0.15, 0.2) is 0 Å². The lowest BCUT2D eigenvalue weighted by Crippen LogP contribution is -2.49. The minimum Gasteiger partial charge on any atom is -0.378 e. The summed E-state index contributed by atoms with van der Waals surface area (Å²) < 4.78 is 17.5. The highest BCUT2D eigenvalue weighted by molar-refractivity contribution is 4.86. The Kier molecular flexibility index (Phi) is 3.88. The molecule has 0 N–H and O–H groups in total. The number of ether oxygens (including phenoxy) is 3. The van der Waals surface area contributed by atoms with Gasteiger partial charge in [0.15, 0.2) is 0 Å². The maximum atomic E-state index is 6.08. The second kappa shape index (κ2) is 5.03. The summed E-state index contributed by atoms with van der Waals surface area (Å²) >= 11 is 0. The molecule has 0 bridgehead atoms. The minimum absolute atomic E-state index is 0.217. The van der Waals surface area contributed by atoms with Crippen LogP contribution in [-0.4, -0.2) is 37.6 Å². The predicted molar refractivity (Wildman–Crippen MR) is 62.4 cm³/mol. The molecule has 0 aliphatic carbocycles.